The molecule has 4 heteroatoms. The van der Waals surface area contributed by atoms with E-state index in [0.29, 0.717) is 6.04 Å². The topological polar surface area (TPSA) is 42.7 Å². The lowest BCUT2D eigenvalue weighted by atomic mass is 10.00. The molecule has 0 aliphatic heterocycles. The highest BCUT2D eigenvalue weighted by molar-refractivity contribution is 5.25. The molecular weight excluding hydrogens is 236 g/mol. The highest BCUT2D eigenvalue weighted by Crippen LogP contribution is 2.19. The maximum absolute atomic E-state index is 4.02. The Kier molecular flexibility index (Phi) is 4.68. The van der Waals surface area contributed by atoms with E-state index in [1.54, 1.807) is 0 Å². The number of benzene rings is 1. The van der Waals surface area contributed by atoms with Gasteiger partial charge in [-0.05, 0) is 37.4 Å². The first-order valence-corrected chi connectivity index (χ1v) is 6.84. The van der Waals surface area contributed by atoms with Crippen molar-refractivity contribution in [2.24, 2.45) is 7.05 Å². The Balaban J connectivity index is 2.06. The summed E-state index contributed by atoms with van der Waals surface area (Å²) in [5, 5.41) is 11.5. The Morgan fingerprint density at radius 1 is 1.32 bits per heavy atom. The average Bonchev–Trinajstić information content (AvgIpc) is 2.82. The second-order valence-corrected chi connectivity index (χ2v) is 4.86. The van der Waals surface area contributed by atoms with Gasteiger partial charge in [0, 0.05) is 7.05 Å². The minimum absolute atomic E-state index is 0.310. The Morgan fingerprint density at radius 3 is 2.74 bits per heavy atom. The van der Waals surface area contributed by atoms with Crippen molar-refractivity contribution in [1.82, 2.24) is 20.3 Å². The molecule has 0 aliphatic carbocycles. The summed E-state index contributed by atoms with van der Waals surface area (Å²) in [7, 11) is 1.94. The zero-order valence-electron chi connectivity index (χ0n) is 11.9. The molecule has 0 saturated carbocycles. The molecule has 0 bridgehead atoms. The van der Waals surface area contributed by atoms with Crippen LogP contribution < -0.4 is 5.32 Å². The van der Waals surface area contributed by atoms with Crippen LogP contribution in [-0.2, 0) is 13.5 Å². The number of rotatable bonds is 6. The summed E-state index contributed by atoms with van der Waals surface area (Å²) in [5.41, 5.74) is 3.93. The average molecular weight is 258 g/mol. The van der Waals surface area contributed by atoms with Crippen molar-refractivity contribution >= 4 is 0 Å². The molecule has 2 rings (SSSR count). The summed E-state index contributed by atoms with van der Waals surface area (Å²) in [6, 6.07) is 8.88. The molecule has 1 atom stereocenters. The van der Waals surface area contributed by atoms with Gasteiger partial charge in [0.1, 0.15) is 0 Å². The Hall–Kier alpha value is -1.68. The fourth-order valence-electron chi connectivity index (χ4n) is 2.40. The predicted molar refractivity (Wildman–Crippen MR) is 76.9 cm³/mol. The molecule has 102 valence electrons. The van der Waals surface area contributed by atoms with Crippen LogP contribution in [0, 0.1) is 6.92 Å². The number of nitrogens with one attached hydrogen (secondary N) is 1. The zero-order chi connectivity index (χ0) is 13.7. The fourth-order valence-corrected chi connectivity index (χ4v) is 2.40. The lowest BCUT2D eigenvalue weighted by Gasteiger charge is -2.18. The summed E-state index contributed by atoms with van der Waals surface area (Å²) in [5.74, 6) is 0. The van der Waals surface area contributed by atoms with Crippen LogP contribution in [0.5, 0.6) is 0 Å². The van der Waals surface area contributed by atoms with E-state index in [-0.39, 0.29) is 0 Å². The largest absolute Gasteiger partial charge is 0.309 e. The van der Waals surface area contributed by atoms with Crippen LogP contribution in [0.4, 0.5) is 0 Å². The summed E-state index contributed by atoms with van der Waals surface area (Å²) in [4.78, 5) is 0. The molecule has 0 spiro atoms. The Labute approximate surface area is 114 Å². The van der Waals surface area contributed by atoms with Gasteiger partial charge in [-0.15, -0.1) is 5.10 Å². The summed E-state index contributed by atoms with van der Waals surface area (Å²) < 4.78 is 1.85. The third kappa shape index (κ3) is 3.41. The minimum atomic E-state index is 0.310. The summed E-state index contributed by atoms with van der Waals surface area (Å²) in [6.45, 7) is 5.25. The quantitative estimate of drug-likeness (QED) is 0.865. The summed E-state index contributed by atoms with van der Waals surface area (Å²) in [6.07, 6.45) is 3.97. The zero-order valence-corrected chi connectivity index (χ0v) is 11.9. The maximum atomic E-state index is 4.02. The van der Waals surface area contributed by atoms with E-state index < -0.39 is 0 Å². The highest BCUT2D eigenvalue weighted by atomic mass is 15.4. The molecule has 0 amide bonds. The first kappa shape index (κ1) is 13.7. The van der Waals surface area contributed by atoms with Gasteiger partial charge in [-0.25, -0.2) is 0 Å². The first-order valence-electron chi connectivity index (χ1n) is 6.84. The molecule has 1 unspecified atom stereocenters. The number of aromatic nitrogens is 3. The van der Waals surface area contributed by atoms with E-state index in [1.165, 1.54) is 11.1 Å². The molecule has 2 aromatic rings. The van der Waals surface area contributed by atoms with Crippen LogP contribution in [0.1, 0.15) is 36.2 Å². The molecule has 1 N–H and O–H groups in total. The van der Waals surface area contributed by atoms with Crippen LogP contribution in [-0.4, -0.2) is 21.5 Å². The smallest absolute Gasteiger partial charge is 0.0753 e. The number of nitrogens with zero attached hydrogens (tertiary/aromatic N) is 3. The van der Waals surface area contributed by atoms with Gasteiger partial charge in [0.15, 0.2) is 0 Å². The van der Waals surface area contributed by atoms with E-state index in [9.17, 15) is 0 Å². The van der Waals surface area contributed by atoms with Gasteiger partial charge in [-0.3, -0.25) is 4.68 Å². The Morgan fingerprint density at radius 2 is 2.11 bits per heavy atom. The fraction of sp³-hybridized carbons (Fsp3) is 0.467. The van der Waals surface area contributed by atoms with Gasteiger partial charge in [-0.1, -0.05) is 36.4 Å². The SMILES string of the molecule is CCNC(CCc1ccccc1C)c1cnnn1C. The molecule has 4 nitrogen and oxygen atoms in total. The van der Waals surface area contributed by atoms with E-state index in [4.69, 9.17) is 0 Å². The molecule has 0 fully saturated rings. The molecule has 0 radical (unpaired) electrons. The third-order valence-corrected chi connectivity index (χ3v) is 3.52. The van der Waals surface area contributed by atoms with Crippen LogP contribution in [0.3, 0.4) is 0 Å². The van der Waals surface area contributed by atoms with Gasteiger partial charge in [0.2, 0.25) is 0 Å². The molecule has 0 aliphatic rings. The third-order valence-electron chi connectivity index (χ3n) is 3.52. The van der Waals surface area contributed by atoms with Gasteiger partial charge in [0.05, 0.1) is 17.9 Å². The van der Waals surface area contributed by atoms with Gasteiger partial charge in [-0.2, -0.15) is 0 Å². The van der Waals surface area contributed by atoms with Gasteiger partial charge in [0.25, 0.3) is 0 Å². The Bertz CT molecular complexity index is 518. The monoisotopic (exact) mass is 258 g/mol. The lowest BCUT2D eigenvalue weighted by Crippen LogP contribution is -2.23. The highest BCUT2D eigenvalue weighted by Gasteiger charge is 2.14. The van der Waals surface area contributed by atoms with Crippen LogP contribution in [0.2, 0.25) is 0 Å². The van der Waals surface area contributed by atoms with Crippen molar-refractivity contribution in [3.05, 3.63) is 47.3 Å². The molecule has 0 saturated heterocycles. The normalized spacial score (nSPS) is 12.6. The lowest BCUT2D eigenvalue weighted by molar-refractivity contribution is 0.479. The summed E-state index contributed by atoms with van der Waals surface area (Å²) >= 11 is 0. The standard InChI is InChI=1S/C15H22N4/c1-4-16-14(15-11-17-18-19(15)3)10-9-13-8-6-5-7-12(13)2/h5-8,11,14,16H,4,9-10H2,1-3H3. The predicted octanol–water partition coefficient (Wildman–Crippen LogP) is 2.41. The number of hydrogen-bond donors (Lipinski definition) is 1. The van der Waals surface area contributed by atoms with Crippen molar-refractivity contribution in [2.45, 2.75) is 32.7 Å². The van der Waals surface area contributed by atoms with E-state index >= 15 is 0 Å². The van der Waals surface area contributed by atoms with E-state index in [2.05, 4.69) is 53.7 Å². The molecule has 1 aromatic carbocycles. The van der Waals surface area contributed by atoms with Crippen LogP contribution in [0.15, 0.2) is 30.5 Å². The van der Waals surface area contributed by atoms with Crippen LogP contribution in [0.25, 0.3) is 0 Å². The van der Waals surface area contributed by atoms with Crippen molar-refractivity contribution < 1.29 is 0 Å². The molecular formula is C15H22N4. The molecule has 1 aromatic heterocycles. The van der Waals surface area contributed by atoms with Gasteiger partial charge >= 0.3 is 0 Å². The number of aryl methyl sites for hydroxylation is 3. The van der Waals surface area contributed by atoms with Crippen molar-refractivity contribution in [2.75, 3.05) is 6.54 Å². The first-order chi connectivity index (χ1) is 9.22. The van der Waals surface area contributed by atoms with E-state index in [1.807, 2.05) is 17.9 Å². The van der Waals surface area contributed by atoms with Crippen molar-refractivity contribution in [3.8, 4) is 0 Å². The molecule has 1 heterocycles. The van der Waals surface area contributed by atoms with Crippen molar-refractivity contribution in [1.29, 1.82) is 0 Å². The maximum Gasteiger partial charge on any atom is 0.0753 e. The van der Waals surface area contributed by atoms with Crippen molar-refractivity contribution in [3.63, 3.8) is 0 Å². The van der Waals surface area contributed by atoms with E-state index in [0.717, 1.165) is 25.1 Å². The minimum Gasteiger partial charge on any atom is -0.309 e. The number of hydrogen-bond acceptors (Lipinski definition) is 3. The second kappa shape index (κ2) is 6.48. The van der Waals surface area contributed by atoms with Gasteiger partial charge < -0.3 is 5.32 Å². The van der Waals surface area contributed by atoms with Crippen LogP contribution >= 0.6 is 0 Å². The molecule has 19 heavy (non-hydrogen) atoms. The second-order valence-electron chi connectivity index (χ2n) is 4.86.